The van der Waals surface area contributed by atoms with Gasteiger partial charge in [-0.05, 0) is 46.6 Å². The van der Waals surface area contributed by atoms with Gasteiger partial charge in [-0.25, -0.2) is 0 Å². The summed E-state index contributed by atoms with van der Waals surface area (Å²) < 4.78 is 0.682. The minimum atomic E-state index is -0.209. The van der Waals surface area contributed by atoms with E-state index in [0.717, 1.165) is 0 Å². The molecule has 0 saturated heterocycles. The average molecular weight is 416 g/mol. The Hall–Kier alpha value is -0.0400. The number of amides is 1. The van der Waals surface area contributed by atoms with E-state index in [1.807, 2.05) is 36.4 Å². The summed E-state index contributed by atoms with van der Waals surface area (Å²) in [6.07, 6.45) is 0.626. The number of hydrogen-bond donors (Lipinski definition) is 2. The molecule has 0 spiro atoms. The Bertz CT molecular complexity index is 478. The molecule has 1 aromatic carbocycles. The zero-order chi connectivity index (χ0) is 14.6. The van der Waals surface area contributed by atoms with Crippen LogP contribution in [0.25, 0.3) is 0 Å². The molecule has 3 nitrogen and oxygen atoms in total. The number of carbonyl (C=O) groups excluding carboxylic acids is 1. The molecule has 0 radical (unpaired) electrons. The zero-order valence-electron chi connectivity index (χ0n) is 10.8. The van der Waals surface area contributed by atoms with Crippen molar-refractivity contribution in [1.82, 2.24) is 5.32 Å². The maximum absolute atomic E-state index is 12.1. The first-order valence-corrected chi connectivity index (χ1v) is 7.64. The number of halogens is 3. The number of carbonyl (C=O) groups is 1. The molecule has 1 amide bonds. The third-order valence-corrected chi connectivity index (χ3v) is 4.75. The molecule has 0 aliphatic carbocycles. The lowest BCUT2D eigenvalue weighted by molar-refractivity contribution is 0.0927. The first-order chi connectivity index (χ1) is 8.76. The fraction of sp³-hybridized carbons (Fsp3) is 0.462. The van der Waals surface area contributed by atoms with Crippen molar-refractivity contribution in [2.75, 3.05) is 13.2 Å². The summed E-state index contributed by atoms with van der Waals surface area (Å²) in [6.45, 7) is 4.55. The van der Waals surface area contributed by atoms with Crippen LogP contribution in [0.5, 0.6) is 0 Å². The van der Waals surface area contributed by atoms with Crippen LogP contribution in [0.15, 0.2) is 12.1 Å². The first kappa shape index (κ1) is 17.0. The lowest BCUT2D eigenvalue weighted by Gasteiger charge is -2.24. The maximum atomic E-state index is 12.1. The molecule has 0 unspecified atom stereocenters. The van der Waals surface area contributed by atoms with Gasteiger partial charge >= 0.3 is 0 Å². The number of benzene rings is 1. The molecule has 106 valence electrons. The Morgan fingerprint density at radius 1 is 1.42 bits per heavy atom. The summed E-state index contributed by atoms with van der Waals surface area (Å²) in [5.74, 6) is -0.209. The molecule has 19 heavy (non-hydrogen) atoms. The molecule has 1 rings (SSSR count). The summed E-state index contributed by atoms with van der Waals surface area (Å²) in [5.41, 5.74) is 0.316. The van der Waals surface area contributed by atoms with Crippen molar-refractivity contribution in [3.05, 3.63) is 31.3 Å². The van der Waals surface area contributed by atoms with E-state index in [1.54, 1.807) is 12.1 Å². The maximum Gasteiger partial charge on any atom is 0.252 e. The molecule has 0 aliphatic rings. The normalized spacial score (nSPS) is 11.5. The van der Waals surface area contributed by atoms with Crippen LogP contribution in [-0.2, 0) is 0 Å². The van der Waals surface area contributed by atoms with Crippen LogP contribution < -0.4 is 5.32 Å². The standard InChI is InChI=1S/C13H16Cl2INO2/c1-13(2,3-4-18)7-17-12(19)9-5-8(14)6-10(15)11(9)16/h5-6,18H,3-4,7H2,1-2H3,(H,17,19). The van der Waals surface area contributed by atoms with Crippen molar-refractivity contribution in [2.24, 2.45) is 5.41 Å². The highest BCUT2D eigenvalue weighted by molar-refractivity contribution is 14.1. The molecule has 6 heteroatoms. The fourth-order valence-corrected chi connectivity index (χ4v) is 2.58. The Kier molecular flexibility index (Phi) is 6.36. The molecular formula is C13H16Cl2INO2. The quantitative estimate of drug-likeness (QED) is 0.568. The van der Waals surface area contributed by atoms with Gasteiger partial charge in [0.15, 0.2) is 0 Å². The van der Waals surface area contributed by atoms with Crippen LogP contribution in [-0.4, -0.2) is 24.2 Å². The lowest BCUT2D eigenvalue weighted by atomic mass is 9.89. The van der Waals surface area contributed by atoms with E-state index in [1.165, 1.54) is 0 Å². The molecule has 0 fully saturated rings. The van der Waals surface area contributed by atoms with Crippen molar-refractivity contribution >= 4 is 51.7 Å². The van der Waals surface area contributed by atoms with Crippen LogP contribution in [0.4, 0.5) is 0 Å². The number of hydrogen-bond acceptors (Lipinski definition) is 2. The average Bonchev–Trinajstić information content (AvgIpc) is 2.31. The first-order valence-electron chi connectivity index (χ1n) is 5.80. The van der Waals surface area contributed by atoms with Gasteiger partial charge in [0.1, 0.15) is 0 Å². The minimum Gasteiger partial charge on any atom is -0.396 e. The highest BCUT2D eigenvalue weighted by Crippen LogP contribution is 2.27. The SMILES string of the molecule is CC(C)(CCO)CNC(=O)c1cc(Cl)cc(Cl)c1I. The molecule has 0 aromatic heterocycles. The molecule has 0 atom stereocenters. The van der Waals surface area contributed by atoms with Crippen molar-refractivity contribution in [2.45, 2.75) is 20.3 Å². The predicted octanol–water partition coefficient (Wildman–Crippen LogP) is 3.74. The van der Waals surface area contributed by atoms with Gasteiger partial charge < -0.3 is 10.4 Å². The van der Waals surface area contributed by atoms with Gasteiger partial charge in [-0.15, -0.1) is 0 Å². The summed E-state index contributed by atoms with van der Waals surface area (Å²) in [6, 6.07) is 3.21. The fourth-order valence-electron chi connectivity index (χ4n) is 1.53. The monoisotopic (exact) mass is 415 g/mol. The van der Waals surface area contributed by atoms with Crippen LogP contribution >= 0.6 is 45.8 Å². The largest absolute Gasteiger partial charge is 0.396 e. The van der Waals surface area contributed by atoms with E-state index >= 15 is 0 Å². The van der Waals surface area contributed by atoms with Crippen LogP contribution in [0.1, 0.15) is 30.6 Å². The van der Waals surface area contributed by atoms with Gasteiger partial charge in [0.05, 0.1) is 10.6 Å². The van der Waals surface area contributed by atoms with Crippen LogP contribution in [0, 0.1) is 8.99 Å². The summed E-state index contributed by atoms with van der Waals surface area (Å²) in [4.78, 5) is 12.1. The number of aliphatic hydroxyl groups is 1. The minimum absolute atomic E-state index is 0.101. The summed E-state index contributed by atoms with van der Waals surface area (Å²) in [5, 5.41) is 12.7. The van der Waals surface area contributed by atoms with Crippen molar-refractivity contribution in [3.63, 3.8) is 0 Å². The third-order valence-electron chi connectivity index (χ3n) is 2.75. The smallest absolute Gasteiger partial charge is 0.252 e. The van der Waals surface area contributed by atoms with Gasteiger partial charge in [0.2, 0.25) is 0 Å². The molecule has 0 heterocycles. The topological polar surface area (TPSA) is 49.3 Å². The lowest BCUT2D eigenvalue weighted by Crippen LogP contribution is -2.34. The second-order valence-corrected chi connectivity index (χ2v) is 6.99. The van der Waals surface area contributed by atoms with Crippen LogP contribution in [0.2, 0.25) is 10.0 Å². The van der Waals surface area contributed by atoms with E-state index in [2.05, 4.69) is 5.32 Å². The zero-order valence-corrected chi connectivity index (χ0v) is 14.4. The molecular weight excluding hydrogens is 400 g/mol. The summed E-state index contributed by atoms with van der Waals surface area (Å²) in [7, 11) is 0. The Labute approximate surface area is 136 Å². The molecule has 0 bridgehead atoms. The Balaban J connectivity index is 2.80. The van der Waals surface area contributed by atoms with E-state index in [-0.39, 0.29) is 17.9 Å². The van der Waals surface area contributed by atoms with E-state index < -0.39 is 0 Å². The number of nitrogens with one attached hydrogen (secondary N) is 1. The van der Waals surface area contributed by atoms with Crippen molar-refractivity contribution in [3.8, 4) is 0 Å². The van der Waals surface area contributed by atoms with Crippen molar-refractivity contribution < 1.29 is 9.90 Å². The van der Waals surface area contributed by atoms with Crippen LogP contribution in [0.3, 0.4) is 0 Å². The van der Waals surface area contributed by atoms with E-state index in [4.69, 9.17) is 28.3 Å². The molecule has 0 saturated carbocycles. The molecule has 0 aliphatic heterocycles. The van der Waals surface area contributed by atoms with E-state index in [9.17, 15) is 4.79 Å². The number of rotatable bonds is 5. The second-order valence-electron chi connectivity index (χ2n) is 5.07. The molecule has 1 aromatic rings. The Morgan fingerprint density at radius 3 is 2.63 bits per heavy atom. The van der Waals surface area contributed by atoms with Gasteiger partial charge in [0.25, 0.3) is 5.91 Å². The van der Waals surface area contributed by atoms with Gasteiger partial charge in [-0.3, -0.25) is 4.79 Å². The predicted molar refractivity (Wildman–Crippen MR) is 87.0 cm³/mol. The highest BCUT2D eigenvalue weighted by Gasteiger charge is 2.20. The second kappa shape index (κ2) is 7.11. The highest BCUT2D eigenvalue weighted by atomic mass is 127. The van der Waals surface area contributed by atoms with E-state index in [0.29, 0.717) is 32.1 Å². The van der Waals surface area contributed by atoms with Crippen molar-refractivity contribution in [1.29, 1.82) is 0 Å². The Morgan fingerprint density at radius 2 is 2.05 bits per heavy atom. The summed E-state index contributed by atoms with van der Waals surface area (Å²) >= 11 is 13.9. The molecule has 2 N–H and O–H groups in total. The van der Waals surface area contributed by atoms with Gasteiger partial charge in [-0.1, -0.05) is 37.0 Å². The van der Waals surface area contributed by atoms with Gasteiger partial charge in [-0.2, -0.15) is 0 Å². The number of aliphatic hydroxyl groups excluding tert-OH is 1. The van der Waals surface area contributed by atoms with Gasteiger partial charge in [0, 0.05) is 21.7 Å². The third kappa shape index (κ3) is 5.10.